The zero-order valence-electron chi connectivity index (χ0n) is 18.2. The van der Waals surface area contributed by atoms with E-state index < -0.39 is 40.2 Å². The number of aromatic nitrogens is 1. The van der Waals surface area contributed by atoms with Gasteiger partial charge in [0.15, 0.2) is 5.60 Å². The number of aliphatic hydroxyl groups is 1. The van der Waals surface area contributed by atoms with Crippen molar-refractivity contribution in [2.24, 2.45) is 4.99 Å². The molecule has 0 aliphatic heterocycles. The third-order valence-corrected chi connectivity index (χ3v) is 5.04. The van der Waals surface area contributed by atoms with Gasteiger partial charge < -0.3 is 5.11 Å². The van der Waals surface area contributed by atoms with Crippen molar-refractivity contribution in [1.82, 2.24) is 4.98 Å². The van der Waals surface area contributed by atoms with Crippen LogP contribution in [0.1, 0.15) is 36.2 Å². The summed E-state index contributed by atoms with van der Waals surface area (Å²) in [4.78, 5) is 7.49. The second-order valence-corrected chi connectivity index (χ2v) is 7.32. The molecule has 0 aliphatic carbocycles. The van der Waals surface area contributed by atoms with Crippen LogP contribution in [-0.4, -0.2) is 16.3 Å². The maximum absolute atomic E-state index is 15.7. The molecule has 1 heterocycles. The summed E-state index contributed by atoms with van der Waals surface area (Å²) in [7, 11) is 0. The van der Waals surface area contributed by atoms with Crippen molar-refractivity contribution in [3.8, 4) is 11.8 Å². The fraction of sp³-hybridized carbons (Fsp3) is 0.154. The molecular weight excluding hydrogens is 451 g/mol. The van der Waals surface area contributed by atoms with Crippen LogP contribution in [0.2, 0.25) is 0 Å². The highest BCUT2D eigenvalue weighted by atomic mass is 19.3. The minimum atomic E-state index is -4.14. The molecule has 0 fully saturated rings. The number of alkyl halides is 2. The van der Waals surface area contributed by atoms with Crippen molar-refractivity contribution in [1.29, 1.82) is 0 Å². The molecule has 0 spiro atoms. The van der Waals surface area contributed by atoms with Crippen molar-refractivity contribution in [2.75, 3.05) is 0 Å². The van der Waals surface area contributed by atoms with Gasteiger partial charge in [0.05, 0.1) is 0 Å². The fourth-order valence-corrected chi connectivity index (χ4v) is 3.21. The zero-order valence-corrected chi connectivity index (χ0v) is 18.2. The van der Waals surface area contributed by atoms with Crippen molar-refractivity contribution in [3.63, 3.8) is 0 Å². The molecule has 0 saturated carbocycles. The summed E-state index contributed by atoms with van der Waals surface area (Å²) in [5, 5.41) is 11.2. The monoisotopic (exact) mass is 470 g/mol. The minimum absolute atomic E-state index is 0.281. The summed E-state index contributed by atoms with van der Waals surface area (Å²) in [6, 6.07) is 9.56. The molecule has 1 unspecified atom stereocenters. The molecule has 0 aliphatic rings. The molecule has 174 valence electrons. The van der Waals surface area contributed by atoms with E-state index in [1.807, 2.05) is 0 Å². The van der Waals surface area contributed by atoms with E-state index in [1.54, 1.807) is 0 Å². The Hall–Kier alpha value is -3.83. The quantitative estimate of drug-likeness (QED) is 0.288. The van der Waals surface area contributed by atoms with Gasteiger partial charge in [-0.3, -0.25) is 9.98 Å². The van der Waals surface area contributed by atoms with E-state index in [4.69, 9.17) is 0 Å². The largest absolute Gasteiger partial charge is 0.374 e. The maximum Gasteiger partial charge on any atom is 0.325 e. The normalized spacial score (nSPS) is 13.9. The number of rotatable bonds is 5. The Morgan fingerprint density at radius 2 is 1.56 bits per heavy atom. The lowest BCUT2D eigenvalue weighted by Crippen LogP contribution is -2.45. The number of aliphatic imine (C=N–C) groups is 1. The first-order valence-corrected chi connectivity index (χ1v) is 10.0. The first kappa shape index (κ1) is 24.8. The lowest BCUT2D eigenvalue weighted by molar-refractivity contribution is -0.177. The second-order valence-electron chi connectivity index (χ2n) is 7.32. The van der Waals surface area contributed by atoms with Crippen molar-refractivity contribution >= 4 is 6.21 Å². The van der Waals surface area contributed by atoms with Gasteiger partial charge in [-0.1, -0.05) is 11.8 Å². The third-order valence-electron chi connectivity index (χ3n) is 5.04. The molecule has 3 rings (SSSR count). The van der Waals surface area contributed by atoms with Crippen LogP contribution < -0.4 is 0 Å². The molecule has 34 heavy (non-hydrogen) atoms. The number of halogens is 5. The van der Waals surface area contributed by atoms with Gasteiger partial charge in [-0.15, -0.1) is 0 Å². The highest BCUT2D eigenvalue weighted by molar-refractivity contribution is 5.54. The summed E-state index contributed by atoms with van der Waals surface area (Å²) < 4.78 is 72.4. The number of pyridine rings is 1. The van der Waals surface area contributed by atoms with Gasteiger partial charge in [-0.2, -0.15) is 8.78 Å². The SMILES string of the molecule is CC=N/C=C(\C)C(O)(c1ccc(F)cc1F)C(F)(F)c1ccc(C#Cc2ccc(F)cc2)cn1. The highest BCUT2D eigenvalue weighted by Crippen LogP contribution is 2.49. The maximum atomic E-state index is 15.7. The average Bonchev–Trinajstić information content (AvgIpc) is 2.81. The summed E-state index contributed by atoms with van der Waals surface area (Å²) in [6.45, 7) is 2.69. The van der Waals surface area contributed by atoms with Crippen LogP contribution in [0.5, 0.6) is 0 Å². The standard InChI is InChI=1S/C26H19F5N2O/c1-3-32-15-17(2)25(34,22-12-11-21(28)14-23(22)29)26(30,31)24-13-8-19(16-33-24)5-4-18-6-9-20(27)10-7-18/h3,6-16,34H,1-2H3/b17-15+,32-3?. The molecule has 0 bridgehead atoms. The lowest BCUT2D eigenvalue weighted by Gasteiger charge is -2.36. The highest BCUT2D eigenvalue weighted by Gasteiger charge is 2.58. The molecule has 1 atom stereocenters. The van der Waals surface area contributed by atoms with E-state index in [1.165, 1.54) is 43.5 Å². The van der Waals surface area contributed by atoms with Gasteiger partial charge in [0.25, 0.3) is 0 Å². The van der Waals surface area contributed by atoms with E-state index in [0.717, 1.165) is 37.5 Å². The molecule has 0 radical (unpaired) electrons. The molecule has 2 aromatic carbocycles. The number of hydrogen-bond acceptors (Lipinski definition) is 3. The summed E-state index contributed by atoms with van der Waals surface area (Å²) in [5.41, 5.74) is -4.51. The lowest BCUT2D eigenvalue weighted by atomic mass is 9.79. The first-order valence-electron chi connectivity index (χ1n) is 10.0. The predicted molar refractivity (Wildman–Crippen MR) is 119 cm³/mol. The van der Waals surface area contributed by atoms with Crippen LogP contribution in [0.4, 0.5) is 22.0 Å². The van der Waals surface area contributed by atoms with Crippen molar-refractivity contribution in [2.45, 2.75) is 25.4 Å². The molecular formula is C26H19F5N2O. The van der Waals surface area contributed by atoms with Crippen LogP contribution in [0.25, 0.3) is 0 Å². The number of benzene rings is 2. The Kier molecular flexibility index (Phi) is 7.28. The Balaban J connectivity index is 2.05. The van der Waals surface area contributed by atoms with Crippen molar-refractivity contribution < 1.29 is 27.1 Å². The molecule has 3 aromatic rings. The Bertz CT molecular complexity index is 1290. The fourth-order valence-electron chi connectivity index (χ4n) is 3.21. The van der Waals surface area contributed by atoms with E-state index in [2.05, 4.69) is 21.8 Å². The predicted octanol–water partition coefficient (Wildman–Crippen LogP) is 5.87. The summed E-state index contributed by atoms with van der Waals surface area (Å²) in [5.74, 6) is -1.42. The van der Waals surface area contributed by atoms with E-state index in [0.29, 0.717) is 11.6 Å². The van der Waals surface area contributed by atoms with E-state index in [9.17, 15) is 18.3 Å². The Labute approximate surface area is 193 Å². The van der Waals surface area contributed by atoms with Gasteiger partial charge in [0, 0.05) is 41.4 Å². The minimum Gasteiger partial charge on any atom is -0.374 e. The summed E-state index contributed by atoms with van der Waals surface area (Å²) in [6.07, 6.45) is 3.35. The number of nitrogens with zero attached hydrogens (tertiary/aromatic N) is 2. The first-order chi connectivity index (χ1) is 16.1. The van der Waals surface area contributed by atoms with Gasteiger partial charge in [0.2, 0.25) is 0 Å². The van der Waals surface area contributed by atoms with Gasteiger partial charge in [-0.25, -0.2) is 13.2 Å². The summed E-state index contributed by atoms with van der Waals surface area (Å²) >= 11 is 0. The molecule has 3 nitrogen and oxygen atoms in total. The molecule has 0 saturated heterocycles. The van der Waals surface area contributed by atoms with Gasteiger partial charge in [0.1, 0.15) is 23.1 Å². The topological polar surface area (TPSA) is 45.5 Å². The molecule has 1 aromatic heterocycles. The second kappa shape index (κ2) is 9.98. The van der Waals surface area contributed by atoms with Crippen molar-refractivity contribution in [3.05, 3.63) is 112 Å². The zero-order chi connectivity index (χ0) is 24.9. The average molecular weight is 470 g/mol. The Morgan fingerprint density at radius 3 is 2.15 bits per heavy atom. The number of hydrogen-bond donors (Lipinski definition) is 1. The third kappa shape index (κ3) is 4.90. The van der Waals surface area contributed by atoms with E-state index in [-0.39, 0.29) is 11.1 Å². The molecule has 0 amide bonds. The van der Waals surface area contributed by atoms with Crippen LogP contribution in [0, 0.1) is 29.3 Å². The van der Waals surface area contributed by atoms with Crippen LogP contribution >= 0.6 is 0 Å². The van der Waals surface area contributed by atoms with Gasteiger partial charge >= 0.3 is 5.92 Å². The van der Waals surface area contributed by atoms with Crippen LogP contribution in [0.3, 0.4) is 0 Å². The molecule has 1 N–H and O–H groups in total. The molecule has 8 heteroatoms. The smallest absolute Gasteiger partial charge is 0.325 e. The van der Waals surface area contributed by atoms with Gasteiger partial charge in [-0.05, 0) is 68.0 Å². The Morgan fingerprint density at radius 1 is 0.941 bits per heavy atom. The van der Waals surface area contributed by atoms with Crippen LogP contribution in [0.15, 0.2) is 77.6 Å². The van der Waals surface area contributed by atoms with Crippen LogP contribution in [-0.2, 0) is 11.5 Å². The van der Waals surface area contributed by atoms with E-state index >= 15 is 8.78 Å².